The van der Waals surface area contributed by atoms with E-state index in [1.54, 1.807) is 0 Å². The Hall–Kier alpha value is -2.08. The van der Waals surface area contributed by atoms with E-state index in [0.29, 0.717) is 0 Å². The molecule has 0 saturated carbocycles. The minimum absolute atomic E-state index is 0.0315. The van der Waals surface area contributed by atoms with E-state index in [1.165, 1.54) is 0 Å². The summed E-state index contributed by atoms with van der Waals surface area (Å²) in [6.45, 7) is 4.19. The van der Waals surface area contributed by atoms with E-state index < -0.39 is 12.1 Å². The van der Waals surface area contributed by atoms with Crippen LogP contribution in [0.2, 0.25) is 0 Å². The molecule has 6 heteroatoms. The van der Waals surface area contributed by atoms with Gasteiger partial charge in [0.05, 0.1) is 0 Å². The summed E-state index contributed by atoms with van der Waals surface area (Å²) in [5, 5.41) is 5.18. The van der Waals surface area contributed by atoms with Gasteiger partial charge in [-0.3, -0.25) is 0 Å². The minimum Gasteiger partial charge on any atom is -0.448 e. The van der Waals surface area contributed by atoms with Crippen molar-refractivity contribution in [2.75, 3.05) is 6.61 Å². The second-order valence-electron chi connectivity index (χ2n) is 4.80. The lowest BCUT2D eigenvalue weighted by Crippen LogP contribution is -2.42. The van der Waals surface area contributed by atoms with E-state index in [4.69, 9.17) is 10.5 Å². The van der Waals surface area contributed by atoms with Crippen LogP contribution >= 0.6 is 0 Å². The Balaban J connectivity index is 2.52. The van der Waals surface area contributed by atoms with E-state index >= 15 is 0 Å². The number of alkyl carbamates (subject to hydrolysis) is 1. The summed E-state index contributed by atoms with van der Waals surface area (Å²) < 4.78 is 4.97. The Bertz CT molecular complexity index is 435. The van der Waals surface area contributed by atoms with Gasteiger partial charge in [0.2, 0.25) is 0 Å². The fourth-order valence-corrected chi connectivity index (χ4v) is 1.85. The van der Waals surface area contributed by atoms with Gasteiger partial charge in [-0.15, -0.1) is 0 Å². The molecule has 3 amide bonds. The van der Waals surface area contributed by atoms with E-state index in [-0.39, 0.29) is 18.7 Å². The molecule has 0 radical (unpaired) electrons. The second-order valence-corrected chi connectivity index (χ2v) is 4.80. The molecule has 20 heavy (non-hydrogen) atoms. The van der Waals surface area contributed by atoms with Gasteiger partial charge in [0.1, 0.15) is 6.61 Å². The van der Waals surface area contributed by atoms with E-state index in [2.05, 4.69) is 5.32 Å². The molecule has 1 rings (SSSR count). The van der Waals surface area contributed by atoms with E-state index in [9.17, 15) is 9.59 Å². The zero-order valence-electron chi connectivity index (χ0n) is 11.8. The van der Waals surface area contributed by atoms with Gasteiger partial charge in [-0.05, 0) is 12.0 Å². The van der Waals surface area contributed by atoms with Crippen LogP contribution in [0.1, 0.15) is 19.4 Å². The number of benzene rings is 1. The van der Waals surface area contributed by atoms with Crippen molar-refractivity contribution in [1.29, 1.82) is 0 Å². The highest BCUT2D eigenvalue weighted by Crippen LogP contribution is 2.04. The van der Waals surface area contributed by atoms with Crippen LogP contribution in [-0.2, 0) is 11.2 Å². The fraction of sp³-hybridized carbons (Fsp3) is 0.429. The number of imide groups is 1. The van der Waals surface area contributed by atoms with Crippen molar-refractivity contribution in [2.45, 2.75) is 32.4 Å². The number of carbonyl (C=O) groups excluding carboxylic acids is 2. The smallest absolute Gasteiger partial charge is 0.415 e. The predicted octanol–water partition coefficient (Wildman–Crippen LogP) is 1.40. The number of nitrogens with one attached hydrogen (secondary N) is 2. The summed E-state index contributed by atoms with van der Waals surface area (Å²) in [5.41, 5.74) is 5.98. The largest absolute Gasteiger partial charge is 0.448 e. The van der Waals surface area contributed by atoms with Crippen LogP contribution in [0.25, 0.3) is 0 Å². The number of rotatable bonds is 6. The number of ether oxygens (including phenoxy) is 1. The molecule has 0 unspecified atom stereocenters. The highest BCUT2D eigenvalue weighted by atomic mass is 16.5. The molecule has 1 atom stereocenters. The average Bonchev–Trinajstić information content (AvgIpc) is 2.36. The number of carbonyl (C=O) groups is 2. The maximum atomic E-state index is 11.2. The lowest BCUT2D eigenvalue weighted by Gasteiger charge is -2.21. The molecule has 0 aliphatic heterocycles. The summed E-state index contributed by atoms with van der Waals surface area (Å²) in [4.78, 5) is 21.8. The molecule has 110 valence electrons. The van der Waals surface area contributed by atoms with E-state index in [1.807, 2.05) is 49.5 Å². The Labute approximate surface area is 118 Å². The first-order valence-corrected chi connectivity index (χ1v) is 6.50. The van der Waals surface area contributed by atoms with Crippen molar-refractivity contribution >= 4 is 12.1 Å². The third-order valence-electron chi connectivity index (χ3n) is 2.53. The lowest BCUT2D eigenvalue weighted by molar-refractivity contribution is 0.133. The van der Waals surface area contributed by atoms with Crippen molar-refractivity contribution in [3.05, 3.63) is 35.9 Å². The standard InChI is InChI=1S/C14H21N3O3/c1-10(2)16-12(8-11-6-4-3-5-7-11)9-20-14(19)17-13(15)18/h3-7,10,12,16H,8-9H2,1-2H3,(H3,15,17,18,19)/t12-/m1/s1. The van der Waals surface area contributed by atoms with Gasteiger partial charge >= 0.3 is 12.1 Å². The average molecular weight is 279 g/mol. The first-order chi connectivity index (χ1) is 9.47. The SMILES string of the molecule is CC(C)N[C@@H](COC(=O)NC(N)=O)Cc1ccccc1. The molecular weight excluding hydrogens is 258 g/mol. The van der Waals surface area contributed by atoms with Crippen molar-refractivity contribution in [2.24, 2.45) is 5.73 Å². The highest BCUT2D eigenvalue weighted by molar-refractivity contribution is 5.89. The van der Waals surface area contributed by atoms with Crippen LogP contribution in [0.4, 0.5) is 9.59 Å². The molecule has 0 fully saturated rings. The highest BCUT2D eigenvalue weighted by Gasteiger charge is 2.14. The lowest BCUT2D eigenvalue weighted by atomic mass is 10.1. The van der Waals surface area contributed by atoms with Crippen molar-refractivity contribution < 1.29 is 14.3 Å². The molecule has 0 saturated heterocycles. The second kappa shape index (κ2) is 8.16. The van der Waals surface area contributed by atoms with E-state index in [0.717, 1.165) is 12.0 Å². The van der Waals surface area contributed by atoms with Gasteiger partial charge in [-0.1, -0.05) is 44.2 Å². The van der Waals surface area contributed by atoms with Gasteiger partial charge in [0.25, 0.3) is 0 Å². The van der Waals surface area contributed by atoms with Crippen LogP contribution in [0.3, 0.4) is 0 Å². The quantitative estimate of drug-likeness (QED) is 0.733. The molecule has 1 aromatic rings. The molecule has 0 aliphatic rings. The Morgan fingerprint density at radius 2 is 1.90 bits per heavy atom. The first-order valence-electron chi connectivity index (χ1n) is 6.50. The molecule has 1 aromatic carbocycles. The number of hydrogen-bond donors (Lipinski definition) is 3. The first kappa shape index (κ1) is 16.0. The Morgan fingerprint density at radius 3 is 2.45 bits per heavy atom. The third kappa shape index (κ3) is 6.75. The van der Waals surface area contributed by atoms with Gasteiger partial charge in [0.15, 0.2) is 0 Å². The normalized spacial score (nSPS) is 11.9. The molecule has 0 bridgehead atoms. The molecule has 0 aromatic heterocycles. The molecule has 6 nitrogen and oxygen atoms in total. The molecule has 0 heterocycles. The minimum atomic E-state index is -0.925. The monoisotopic (exact) mass is 279 g/mol. The van der Waals surface area contributed by atoms with Crippen LogP contribution in [-0.4, -0.2) is 30.8 Å². The summed E-state index contributed by atoms with van der Waals surface area (Å²) in [6.07, 6.45) is -0.107. The molecule has 0 aliphatic carbocycles. The van der Waals surface area contributed by atoms with Crippen molar-refractivity contribution in [3.8, 4) is 0 Å². The maximum Gasteiger partial charge on any atom is 0.415 e. The maximum absolute atomic E-state index is 11.2. The van der Waals surface area contributed by atoms with Gasteiger partial charge in [0, 0.05) is 12.1 Å². The van der Waals surface area contributed by atoms with Gasteiger partial charge < -0.3 is 15.8 Å². The summed E-state index contributed by atoms with van der Waals surface area (Å²) in [7, 11) is 0. The fourth-order valence-electron chi connectivity index (χ4n) is 1.85. The number of nitrogens with two attached hydrogens (primary N) is 1. The predicted molar refractivity (Wildman–Crippen MR) is 76.3 cm³/mol. The Morgan fingerprint density at radius 1 is 1.25 bits per heavy atom. The van der Waals surface area contributed by atoms with Gasteiger partial charge in [-0.25, -0.2) is 14.9 Å². The molecule has 0 spiro atoms. The van der Waals surface area contributed by atoms with Crippen LogP contribution in [0, 0.1) is 0 Å². The molecular formula is C14H21N3O3. The zero-order valence-corrected chi connectivity index (χ0v) is 11.8. The number of urea groups is 1. The number of primary amides is 1. The molecule has 4 N–H and O–H groups in total. The summed E-state index contributed by atoms with van der Waals surface area (Å²) in [6, 6.07) is 9.20. The summed E-state index contributed by atoms with van der Waals surface area (Å²) in [5.74, 6) is 0. The zero-order chi connectivity index (χ0) is 15.0. The Kier molecular flexibility index (Phi) is 6.52. The third-order valence-corrected chi connectivity index (χ3v) is 2.53. The van der Waals surface area contributed by atoms with Crippen molar-refractivity contribution in [3.63, 3.8) is 0 Å². The summed E-state index contributed by atoms with van der Waals surface area (Å²) >= 11 is 0. The number of hydrogen-bond acceptors (Lipinski definition) is 4. The van der Waals surface area contributed by atoms with Gasteiger partial charge in [-0.2, -0.15) is 0 Å². The number of amides is 3. The van der Waals surface area contributed by atoms with Crippen LogP contribution < -0.4 is 16.4 Å². The van der Waals surface area contributed by atoms with Crippen molar-refractivity contribution in [1.82, 2.24) is 10.6 Å². The van der Waals surface area contributed by atoms with Crippen LogP contribution in [0.5, 0.6) is 0 Å². The topological polar surface area (TPSA) is 93.4 Å². The van der Waals surface area contributed by atoms with Crippen LogP contribution in [0.15, 0.2) is 30.3 Å².